The van der Waals surface area contributed by atoms with Gasteiger partial charge < -0.3 is 10.2 Å². The number of imidazole rings is 1. The highest BCUT2D eigenvalue weighted by Gasteiger charge is 2.28. The Hall–Kier alpha value is -2.89. The molecule has 2 aliphatic rings. The van der Waals surface area contributed by atoms with Crippen LogP contribution in [0, 0.1) is 5.92 Å². The number of pyridine rings is 2. The number of hydrogen-bond acceptors (Lipinski definition) is 7. The summed E-state index contributed by atoms with van der Waals surface area (Å²) in [6.45, 7) is 1.75. The number of carbonyl (C=O) groups is 2. The summed E-state index contributed by atoms with van der Waals surface area (Å²) < 4.78 is 26.0. The van der Waals surface area contributed by atoms with Crippen LogP contribution in [0.2, 0.25) is 0 Å². The van der Waals surface area contributed by atoms with Gasteiger partial charge in [0.15, 0.2) is 14.9 Å². The summed E-state index contributed by atoms with van der Waals surface area (Å²) in [4.78, 5) is 36.3. The quantitative estimate of drug-likeness (QED) is 0.439. The number of hydrogen-bond donors (Lipinski definition) is 1. The van der Waals surface area contributed by atoms with E-state index in [1.165, 1.54) is 24.0 Å². The molecule has 9 nitrogen and oxygen atoms in total. The molecule has 0 spiro atoms. The smallest absolute Gasteiger partial charge is 0.258 e. The zero-order chi connectivity index (χ0) is 25.3. The largest absolute Gasteiger partial charge is 0.352 e. The number of aromatic nitrogens is 3. The molecule has 3 aromatic rings. The van der Waals surface area contributed by atoms with Gasteiger partial charge in [-0.05, 0) is 61.9 Å². The van der Waals surface area contributed by atoms with Gasteiger partial charge in [0.05, 0.1) is 27.4 Å². The van der Waals surface area contributed by atoms with Gasteiger partial charge in [0, 0.05) is 32.1 Å². The number of halogens is 1. The molecular weight excluding hydrogens is 534 g/mol. The summed E-state index contributed by atoms with van der Waals surface area (Å²) in [5.74, 6) is 0.0944. The van der Waals surface area contributed by atoms with Crippen LogP contribution in [0.5, 0.6) is 0 Å². The summed E-state index contributed by atoms with van der Waals surface area (Å²) in [7, 11) is -3.58. The maximum Gasteiger partial charge on any atom is 0.258 e. The molecule has 0 bridgehead atoms. The Labute approximate surface area is 226 Å². The summed E-state index contributed by atoms with van der Waals surface area (Å²) in [6.07, 6.45) is 9.62. The Morgan fingerprint density at radius 1 is 1.14 bits per heavy atom. The van der Waals surface area contributed by atoms with Crippen LogP contribution in [0.25, 0.3) is 11.7 Å². The van der Waals surface area contributed by atoms with Gasteiger partial charge in [-0.2, -0.15) is 0 Å². The molecule has 1 N–H and O–H groups in total. The SMILES string of the molecule is CS(=O)(=O)c1ncccc1C(=O)N1CCC(CCCNC(=O)C2=Cc3cnc4cccc(n34)S2)CC1.Cl. The lowest BCUT2D eigenvalue weighted by Crippen LogP contribution is -2.39. The van der Waals surface area contributed by atoms with Gasteiger partial charge in [0.2, 0.25) is 0 Å². The molecular formula is C25H28ClN5O4S2. The molecule has 0 aromatic carbocycles. The van der Waals surface area contributed by atoms with Crippen LogP contribution in [0.15, 0.2) is 57.7 Å². The van der Waals surface area contributed by atoms with Crippen molar-refractivity contribution in [3.05, 3.63) is 58.9 Å². The molecule has 196 valence electrons. The molecule has 0 aliphatic carbocycles. The van der Waals surface area contributed by atoms with Crippen molar-refractivity contribution in [2.75, 3.05) is 25.9 Å². The molecule has 2 amide bonds. The van der Waals surface area contributed by atoms with E-state index >= 15 is 0 Å². The summed E-state index contributed by atoms with van der Waals surface area (Å²) in [5.41, 5.74) is 1.91. The fourth-order valence-electron chi connectivity index (χ4n) is 4.72. The maximum atomic E-state index is 12.9. The summed E-state index contributed by atoms with van der Waals surface area (Å²) >= 11 is 1.44. The predicted molar refractivity (Wildman–Crippen MR) is 144 cm³/mol. The van der Waals surface area contributed by atoms with E-state index < -0.39 is 9.84 Å². The fraction of sp³-hybridized carbons (Fsp3) is 0.360. The predicted octanol–water partition coefficient (Wildman–Crippen LogP) is 3.45. The first-order valence-electron chi connectivity index (χ1n) is 11.9. The number of nitrogens with one attached hydrogen (secondary N) is 1. The number of nitrogens with zero attached hydrogens (tertiary/aromatic N) is 4. The van der Waals surface area contributed by atoms with E-state index in [1.807, 2.05) is 28.7 Å². The number of carbonyl (C=O) groups excluding carboxylic acids is 2. The van der Waals surface area contributed by atoms with Gasteiger partial charge >= 0.3 is 0 Å². The lowest BCUT2D eigenvalue weighted by atomic mass is 9.92. The van der Waals surface area contributed by atoms with Crippen molar-refractivity contribution in [3.8, 4) is 0 Å². The number of rotatable bonds is 7. The van der Waals surface area contributed by atoms with Gasteiger partial charge in [0.25, 0.3) is 11.8 Å². The summed E-state index contributed by atoms with van der Waals surface area (Å²) in [5, 5.41) is 3.84. The molecule has 1 saturated heterocycles. The van der Waals surface area contributed by atoms with Gasteiger partial charge in [0.1, 0.15) is 5.65 Å². The van der Waals surface area contributed by atoms with E-state index in [0.717, 1.165) is 48.3 Å². The van der Waals surface area contributed by atoms with Crippen LogP contribution in [0.1, 0.15) is 41.7 Å². The second-order valence-electron chi connectivity index (χ2n) is 9.11. The van der Waals surface area contributed by atoms with Crippen molar-refractivity contribution in [2.24, 2.45) is 5.92 Å². The Morgan fingerprint density at radius 3 is 2.68 bits per heavy atom. The number of sulfone groups is 1. The third-order valence-electron chi connectivity index (χ3n) is 6.57. The zero-order valence-electron chi connectivity index (χ0n) is 20.3. The first-order valence-corrected chi connectivity index (χ1v) is 14.6. The van der Waals surface area contributed by atoms with E-state index in [0.29, 0.717) is 30.5 Å². The Bertz CT molecular complexity index is 1460. The van der Waals surface area contributed by atoms with E-state index in [2.05, 4.69) is 15.3 Å². The fourth-order valence-corrected chi connectivity index (χ4v) is 6.54. The van der Waals surface area contributed by atoms with Crippen molar-refractivity contribution in [1.82, 2.24) is 24.6 Å². The van der Waals surface area contributed by atoms with E-state index in [1.54, 1.807) is 17.2 Å². The topological polar surface area (TPSA) is 114 Å². The lowest BCUT2D eigenvalue weighted by molar-refractivity contribution is -0.116. The minimum Gasteiger partial charge on any atom is -0.352 e. The van der Waals surface area contributed by atoms with Crippen LogP contribution in [0.4, 0.5) is 0 Å². The van der Waals surface area contributed by atoms with E-state index in [4.69, 9.17) is 0 Å². The van der Waals surface area contributed by atoms with Crippen molar-refractivity contribution in [3.63, 3.8) is 0 Å². The minimum absolute atomic E-state index is 0. The molecule has 5 rings (SSSR count). The molecule has 2 aliphatic heterocycles. The van der Waals surface area contributed by atoms with Crippen LogP contribution in [-0.4, -0.2) is 65.4 Å². The first-order chi connectivity index (χ1) is 17.3. The molecule has 0 atom stereocenters. The monoisotopic (exact) mass is 561 g/mol. The Balaban J connectivity index is 0.00000320. The number of amides is 2. The third kappa shape index (κ3) is 5.83. The Morgan fingerprint density at radius 2 is 1.92 bits per heavy atom. The van der Waals surface area contributed by atoms with Crippen molar-refractivity contribution >= 4 is 57.5 Å². The highest BCUT2D eigenvalue weighted by molar-refractivity contribution is 8.04. The van der Waals surface area contributed by atoms with Gasteiger partial charge in [-0.3, -0.25) is 14.0 Å². The number of likely N-dealkylation sites (tertiary alicyclic amines) is 1. The second kappa shape index (κ2) is 11.2. The molecule has 37 heavy (non-hydrogen) atoms. The minimum atomic E-state index is -3.58. The van der Waals surface area contributed by atoms with Gasteiger partial charge in [-0.15, -0.1) is 12.4 Å². The summed E-state index contributed by atoms with van der Waals surface area (Å²) in [6, 6.07) is 8.97. The van der Waals surface area contributed by atoms with Gasteiger partial charge in [-0.1, -0.05) is 17.8 Å². The van der Waals surface area contributed by atoms with Crippen molar-refractivity contribution in [1.29, 1.82) is 0 Å². The van der Waals surface area contributed by atoms with Crippen LogP contribution < -0.4 is 5.32 Å². The average molecular weight is 562 g/mol. The molecule has 3 aromatic heterocycles. The standard InChI is InChI=1S/C25H27N5O4S2.ClH/c1-36(33,34)24-19(6-4-12-27-24)25(32)29-13-9-17(10-14-29)5-3-11-26-23(31)20-15-18-16-28-21-7-2-8-22(35-20)30(18)21;/h2,4,6-8,12,15-17H,3,5,9-11,13-14H2,1H3,(H,26,31);1H. The van der Waals surface area contributed by atoms with Crippen LogP contribution in [-0.2, 0) is 14.6 Å². The first kappa shape index (κ1) is 27.2. The highest BCUT2D eigenvalue weighted by Crippen LogP contribution is 2.34. The van der Waals surface area contributed by atoms with Crippen LogP contribution >= 0.6 is 24.2 Å². The van der Waals surface area contributed by atoms with E-state index in [-0.39, 0.29) is 34.8 Å². The normalized spacial score (nSPS) is 15.7. The molecule has 0 unspecified atom stereocenters. The van der Waals surface area contributed by atoms with E-state index in [9.17, 15) is 18.0 Å². The molecule has 1 fully saturated rings. The third-order valence-corrected chi connectivity index (χ3v) is 8.65. The van der Waals surface area contributed by atoms with Gasteiger partial charge in [-0.25, -0.2) is 18.4 Å². The van der Waals surface area contributed by atoms with Crippen molar-refractivity contribution < 1.29 is 18.0 Å². The Kier molecular flexibility index (Phi) is 8.25. The molecule has 0 radical (unpaired) electrons. The highest BCUT2D eigenvalue weighted by atomic mass is 35.5. The average Bonchev–Trinajstić information content (AvgIpc) is 3.30. The zero-order valence-corrected chi connectivity index (χ0v) is 22.7. The lowest BCUT2D eigenvalue weighted by Gasteiger charge is -2.32. The number of thioether (sulfide) groups is 1. The maximum absolute atomic E-state index is 12.9. The second-order valence-corrected chi connectivity index (χ2v) is 12.1. The van der Waals surface area contributed by atoms with Crippen molar-refractivity contribution in [2.45, 2.75) is 35.7 Å². The molecule has 12 heteroatoms. The van der Waals surface area contributed by atoms with Crippen LogP contribution in [0.3, 0.4) is 0 Å². The number of piperidine rings is 1. The molecule has 5 heterocycles. The molecule has 0 saturated carbocycles.